The van der Waals surface area contributed by atoms with E-state index in [1.54, 1.807) is 26.2 Å². The molecule has 1 aromatic carbocycles. The first kappa shape index (κ1) is 22.3. The van der Waals surface area contributed by atoms with E-state index in [0.29, 0.717) is 35.9 Å². The highest BCUT2D eigenvalue weighted by atomic mass is 32.2. The number of nitrogens with one attached hydrogen (secondary N) is 2. The zero-order valence-electron chi connectivity index (χ0n) is 17.7. The van der Waals surface area contributed by atoms with Crippen molar-refractivity contribution in [3.05, 3.63) is 35.0 Å². The van der Waals surface area contributed by atoms with Crippen LogP contribution in [0.3, 0.4) is 0 Å². The SMILES string of the molecule is CCOC(=O)C1=C(CN2CCSCC2)NC(=O)NC1c1ccc(OCC)c(OC)c1. The largest absolute Gasteiger partial charge is 0.493 e. The Morgan fingerprint density at radius 1 is 1.20 bits per heavy atom. The molecule has 1 unspecified atom stereocenters. The quantitative estimate of drug-likeness (QED) is 0.606. The van der Waals surface area contributed by atoms with Crippen molar-refractivity contribution in [2.45, 2.75) is 19.9 Å². The van der Waals surface area contributed by atoms with Crippen molar-refractivity contribution < 1.29 is 23.8 Å². The zero-order valence-corrected chi connectivity index (χ0v) is 18.5. The van der Waals surface area contributed by atoms with Crippen molar-refractivity contribution in [1.82, 2.24) is 15.5 Å². The number of benzene rings is 1. The van der Waals surface area contributed by atoms with Gasteiger partial charge in [0.05, 0.1) is 31.9 Å². The summed E-state index contributed by atoms with van der Waals surface area (Å²) < 4.78 is 16.4. The van der Waals surface area contributed by atoms with E-state index in [9.17, 15) is 9.59 Å². The van der Waals surface area contributed by atoms with Crippen LogP contribution in [0.25, 0.3) is 0 Å². The fourth-order valence-corrected chi connectivity index (χ4v) is 4.54. The van der Waals surface area contributed by atoms with Crippen LogP contribution >= 0.6 is 11.8 Å². The Morgan fingerprint density at radius 3 is 2.63 bits per heavy atom. The van der Waals surface area contributed by atoms with Gasteiger partial charge in [0.15, 0.2) is 11.5 Å². The number of carbonyl (C=O) groups excluding carboxylic acids is 2. The van der Waals surface area contributed by atoms with Gasteiger partial charge in [-0.15, -0.1) is 0 Å². The van der Waals surface area contributed by atoms with E-state index in [-0.39, 0.29) is 12.6 Å². The number of rotatable bonds is 8. The van der Waals surface area contributed by atoms with Crippen LogP contribution in [0, 0.1) is 0 Å². The van der Waals surface area contributed by atoms with E-state index in [0.717, 1.165) is 30.2 Å². The van der Waals surface area contributed by atoms with Gasteiger partial charge in [-0.05, 0) is 31.5 Å². The molecule has 1 aromatic rings. The molecule has 2 aliphatic heterocycles. The molecule has 2 amide bonds. The molecule has 3 rings (SSSR count). The standard InChI is InChI=1S/C21H29N3O5S/c1-4-28-16-7-6-14(12-17(16)27-3)19-18(20(25)29-5-2)15(22-21(26)23-19)13-24-8-10-30-11-9-24/h6-7,12,19H,4-5,8-11,13H2,1-3H3,(H2,22,23,26). The Morgan fingerprint density at radius 2 is 1.97 bits per heavy atom. The predicted octanol–water partition coefficient (Wildman–Crippen LogP) is 2.31. The van der Waals surface area contributed by atoms with Gasteiger partial charge in [-0.1, -0.05) is 6.07 Å². The molecule has 0 bridgehead atoms. The molecule has 0 aliphatic carbocycles. The summed E-state index contributed by atoms with van der Waals surface area (Å²) in [5.41, 5.74) is 1.72. The lowest BCUT2D eigenvalue weighted by atomic mass is 9.94. The second kappa shape index (κ2) is 10.6. The zero-order chi connectivity index (χ0) is 21.5. The lowest BCUT2D eigenvalue weighted by Gasteiger charge is -2.33. The highest BCUT2D eigenvalue weighted by molar-refractivity contribution is 7.99. The molecule has 0 saturated carbocycles. The van der Waals surface area contributed by atoms with Gasteiger partial charge in [0.2, 0.25) is 0 Å². The van der Waals surface area contributed by atoms with Crippen molar-refractivity contribution in [2.75, 3.05) is 51.5 Å². The van der Waals surface area contributed by atoms with E-state index in [4.69, 9.17) is 14.2 Å². The van der Waals surface area contributed by atoms with Crippen LogP contribution in [0.4, 0.5) is 4.79 Å². The van der Waals surface area contributed by atoms with Gasteiger partial charge in [-0.25, -0.2) is 9.59 Å². The molecule has 2 heterocycles. The van der Waals surface area contributed by atoms with Gasteiger partial charge in [0, 0.05) is 36.8 Å². The maximum absolute atomic E-state index is 12.9. The van der Waals surface area contributed by atoms with Crippen molar-refractivity contribution in [2.24, 2.45) is 0 Å². The lowest BCUT2D eigenvalue weighted by molar-refractivity contribution is -0.139. The first-order valence-corrected chi connectivity index (χ1v) is 11.3. The molecule has 2 aliphatic rings. The minimum absolute atomic E-state index is 0.253. The Hall–Kier alpha value is -2.39. The van der Waals surface area contributed by atoms with Crippen molar-refractivity contribution in [3.8, 4) is 11.5 Å². The molecule has 1 saturated heterocycles. The maximum Gasteiger partial charge on any atom is 0.338 e. The third-order valence-corrected chi connectivity index (χ3v) is 5.90. The highest BCUT2D eigenvalue weighted by Crippen LogP contribution is 2.35. The molecule has 30 heavy (non-hydrogen) atoms. The Labute approximate surface area is 181 Å². The number of esters is 1. The predicted molar refractivity (Wildman–Crippen MR) is 116 cm³/mol. The topological polar surface area (TPSA) is 89.1 Å². The molecule has 1 fully saturated rings. The van der Waals surface area contributed by atoms with E-state index in [1.165, 1.54) is 0 Å². The Balaban J connectivity index is 2.00. The van der Waals surface area contributed by atoms with Gasteiger partial charge in [-0.2, -0.15) is 11.8 Å². The lowest BCUT2D eigenvalue weighted by Crippen LogP contribution is -2.49. The van der Waals surface area contributed by atoms with E-state index in [2.05, 4.69) is 15.5 Å². The molecule has 0 aromatic heterocycles. The van der Waals surface area contributed by atoms with Crippen LogP contribution in [0.5, 0.6) is 11.5 Å². The third kappa shape index (κ3) is 5.20. The summed E-state index contributed by atoms with van der Waals surface area (Å²) in [7, 11) is 1.56. The number of ether oxygens (including phenoxy) is 3. The summed E-state index contributed by atoms with van der Waals surface area (Å²) in [5, 5.41) is 5.70. The van der Waals surface area contributed by atoms with Crippen molar-refractivity contribution in [1.29, 1.82) is 0 Å². The van der Waals surface area contributed by atoms with Gasteiger partial charge in [-0.3, -0.25) is 4.90 Å². The second-order valence-electron chi connectivity index (χ2n) is 6.88. The number of hydrogen-bond acceptors (Lipinski definition) is 7. The summed E-state index contributed by atoms with van der Waals surface area (Å²) in [5.74, 6) is 2.78. The van der Waals surface area contributed by atoms with Gasteiger partial charge in [0.1, 0.15) is 0 Å². The van der Waals surface area contributed by atoms with E-state index < -0.39 is 12.0 Å². The normalized spacial score (nSPS) is 19.7. The number of thioether (sulfide) groups is 1. The number of amides is 2. The maximum atomic E-state index is 12.9. The molecular formula is C21H29N3O5S. The first-order valence-electron chi connectivity index (χ1n) is 10.2. The Kier molecular flexibility index (Phi) is 7.87. The van der Waals surface area contributed by atoms with Gasteiger partial charge < -0.3 is 24.8 Å². The van der Waals surface area contributed by atoms with Crippen LogP contribution in [0.1, 0.15) is 25.5 Å². The number of carbonyl (C=O) groups is 2. The van der Waals surface area contributed by atoms with Crippen LogP contribution < -0.4 is 20.1 Å². The minimum Gasteiger partial charge on any atom is -0.493 e. The summed E-state index contributed by atoms with van der Waals surface area (Å²) in [6, 6.07) is 4.42. The minimum atomic E-state index is -0.642. The molecule has 164 valence electrons. The smallest absolute Gasteiger partial charge is 0.338 e. The molecule has 0 radical (unpaired) electrons. The summed E-state index contributed by atoms with van der Waals surface area (Å²) >= 11 is 1.91. The van der Waals surface area contributed by atoms with E-state index in [1.807, 2.05) is 24.8 Å². The van der Waals surface area contributed by atoms with Crippen LogP contribution in [-0.2, 0) is 9.53 Å². The third-order valence-electron chi connectivity index (χ3n) is 4.96. The van der Waals surface area contributed by atoms with Gasteiger partial charge in [0.25, 0.3) is 0 Å². The first-order chi connectivity index (χ1) is 14.6. The monoisotopic (exact) mass is 435 g/mol. The molecule has 1 atom stereocenters. The molecular weight excluding hydrogens is 406 g/mol. The van der Waals surface area contributed by atoms with Crippen LogP contribution in [0.15, 0.2) is 29.5 Å². The average molecular weight is 436 g/mol. The Bertz CT molecular complexity index is 808. The molecule has 0 spiro atoms. The molecule has 2 N–H and O–H groups in total. The fourth-order valence-electron chi connectivity index (χ4n) is 3.56. The average Bonchev–Trinajstić information content (AvgIpc) is 2.74. The molecule has 9 heteroatoms. The number of methoxy groups -OCH3 is 1. The number of hydrogen-bond donors (Lipinski definition) is 2. The van der Waals surface area contributed by atoms with Gasteiger partial charge >= 0.3 is 12.0 Å². The number of nitrogens with zero attached hydrogens (tertiary/aromatic N) is 1. The summed E-state index contributed by atoms with van der Waals surface area (Å²) in [6.07, 6.45) is 0. The van der Waals surface area contributed by atoms with Crippen molar-refractivity contribution >= 4 is 23.8 Å². The van der Waals surface area contributed by atoms with Crippen LogP contribution in [0.2, 0.25) is 0 Å². The summed E-state index contributed by atoms with van der Waals surface area (Å²) in [6.45, 7) is 6.74. The van der Waals surface area contributed by atoms with Crippen molar-refractivity contribution in [3.63, 3.8) is 0 Å². The molecule has 8 nitrogen and oxygen atoms in total. The second-order valence-corrected chi connectivity index (χ2v) is 8.10. The fraction of sp³-hybridized carbons (Fsp3) is 0.524. The number of urea groups is 1. The van der Waals surface area contributed by atoms with E-state index >= 15 is 0 Å². The summed E-state index contributed by atoms with van der Waals surface area (Å²) in [4.78, 5) is 27.6. The van der Waals surface area contributed by atoms with Crippen LogP contribution in [-0.4, -0.2) is 68.4 Å². The highest BCUT2D eigenvalue weighted by Gasteiger charge is 2.35.